The first-order valence-electron chi connectivity index (χ1n) is 5.06. The van der Waals surface area contributed by atoms with Gasteiger partial charge >= 0.3 is 0 Å². The largest absolute Gasteiger partial charge is 0.496 e. The first-order chi connectivity index (χ1) is 8.54. The Bertz CT molecular complexity index is 573. The van der Waals surface area contributed by atoms with E-state index >= 15 is 0 Å². The topological polar surface area (TPSA) is 35.2 Å². The normalized spacial score (nSPS) is 12.5. The predicted octanol–water partition coefficient (Wildman–Crippen LogP) is 3.85. The molecule has 0 saturated carbocycles. The quantitative estimate of drug-likeness (QED) is 0.866. The minimum Gasteiger partial charge on any atom is -0.496 e. The van der Waals surface area contributed by atoms with Crippen LogP contribution in [0.2, 0.25) is 0 Å². The predicted molar refractivity (Wildman–Crippen MR) is 71.0 cm³/mol. The van der Waals surface area contributed by atoms with Crippen molar-refractivity contribution in [1.29, 1.82) is 0 Å². The van der Waals surface area contributed by atoms with Gasteiger partial charge < -0.3 is 10.5 Å². The van der Waals surface area contributed by atoms with Gasteiger partial charge in [-0.15, -0.1) is 11.3 Å². The third kappa shape index (κ3) is 2.41. The van der Waals surface area contributed by atoms with E-state index in [1.54, 1.807) is 11.4 Å². The molecule has 0 bridgehead atoms. The highest BCUT2D eigenvalue weighted by molar-refractivity contribution is 9.10. The number of hydrogen-bond acceptors (Lipinski definition) is 3. The molecule has 0 spiro atoms. The van der Waals surface area contributed by atoms with E-state index in [9.17, 15) is 8.78 Å². The van der Waals surface area contributed by atoms with Crippen molar-refractivity contribution in [2.24, 2.45) is 5.73 Å². The van der Waals surface area contributed by atoms with E-state index in [-0.39, 0.29) is 10.0 Å². The maximum Gasteiger partial charge on any atom is 0.145 e. The Morgan fingerprint density at radius 1 is 1.39 bits per heavy atom. The fourth-order valence-electron chi connectivity index (χ4n) is 1.57. The second kappa shape index (κ2) is 5.34. The van der Waals surface area contributed by atoms with E-state index in [1.165, 1.54) is 30.6 Å². The molecule has 2 N–H and O–H groups in total. The van der Waals surface area contributed by atoms with Crippen LogP contribution in [0.4, 0.5) is 8.78 Å². The van der Waals surface area contributed by atoms with Gasteiger partial charge in [0.2, 0.25) is 0 Å². The lowest BCUT2D eigenvalue weighted by molar-refractivity contribution is 0.416. The number of thiophene rings is 1. The standard InChI is InChI=1S/C12H10BrF2NOS/c1-17-6-4-9(18-5-6)12(16)10-8(14)3-2-7(13)11(10)15/h2-5,12H,16H2,1H3. The van der Waals surface area contributed by atoms with E-state index < -0.39 is 17.7 Å². The van der Waals surface area contributed by atoms with Gasteiger partial charge in [0.15, 0.2) is 0 Å². The molecule has 0 amide bonds. The Kier molecular flexibility index (Phi) is 3.99. The highest BCUT2D eigenvalue weighted by Crippen LogP contribution is 2.33. The zero-order valence-corrected chi connectivity index (χ0v) is 11.8. The van der Waals surface area contributed by atoms with Gasteiger partial charge in [-0.05, 0) is 34.1 Å². The van der Waals surface area contributed by atoms with Crippen molar-refractivity contribution in [2.75, 3.05) is 7.11 Å². The fraction of sp³-hybridized carbons (Fsp3) is 0.167. The summed E-state index contributed by atoms with van der Waals surface area (Å²) < 4.78 is 32.8. The van der Waals surface area contributed by atoms with Gasteiger partial charge in [-0.3, -0.25) is 0 Å². The SMILES string of the molecule is COc1csc(C(N)c2c(F)ccc(Br)c2F)c1. The Hall–Kier alpha value is -0.980. The molecule has 0 aliphatic heterocycles. The van der Waals surface area contributed by atoms with Crippen LogP contribution >= 0.6 is 27.3 Å². The maximum absolute atomic E-state index is 13.9. The minimum atomic E-state index is -0.851. The summed E-state index contributed by atoms with van der Waals surface area (Å²) in [5, 5.41) is 1.74. The molecular weight excluding hydrogens is 324 g/mol. The molecule has 2 aromatic rings. The lowest BCUT2D eigenvalue weighted by Gasteiger charge is -2.13. The van der Waals surface area contributed by atoms with Gasteiger partial charge in [-0.25, -0.2) is 8.78 Å². The second-order valence-electron chi connectivity index (χ2n) is 3.62. The summed E-state index contributed by atoms with van der Waals surface area (Å²) in [6, 6.07) is 3.33. The molecular formula is C12H10BrF2NOS. The Balaban J connectivity index is 2.45. The third-order valence-electron chi connectivity index (χ3n) is 2.53. The van der Waals surface area contributed by atoms with Gasteiger partial charge in [0.05, 0.1) is 17.6 Å². The van der Waals surface area contributed by atoms with E-state index in [0.29, 0.717) is 10.6 Å². The van der Waals surface area contributed by atoms with Gasteiger partial charge in [-0.1, -0.05) is 0 Å². The summed E-state index contributed by atoms with van der Waals surface area (Å²) in [5.74, 6) is -0.702. The Labute approximate surface area is 116 Å². The van der Waals surface area contributed by atoms with E-state index in [1.807, 2.05) is 0 Å². The van der Waals surface area contributed by atoms with Crippen LogP contribution in [0.5, 0.6) is 5.75 Å². The second-order valence-corrected chi connectivity index (χ2v) is 5.42. The van der Waals surface area contributed by atoms with Crippen LogP contribution < -0.4 is 10.5 Å². The molecule has 1 unspecified atom stereocenters. The molecule has 0 aliphatic rings. The number of hydrogen-bond donors (Lipinski definition) is 1. The van der Waals surface area contributed by atoms with Crippen molar-refractivity contribution in [1.82, 2.24) is 0 Å². The fourth-order valence-corrected chi connectivity index (χ4v) is 2.79. The molecule has 2 rings (SSSR count). The Morgan fingerprint density at radius 2 is 2.11 bits per heavy atom. The van der Waals surface area contributed by atoms with Crippen molar-refractivity contribution in [3.8, 4) is 5.75 Å². The van der Waals surface area contributed by atoms with Crippen molar-refractivity contribution >= 4 is 27.3 Å². The van der Waals surface area contributed by atoms with Crippen LogP contribution in [0.25, 0.3) is 0 Å². The molecule has 1 aromatic heterocycles. The van der Waals surface area contributed by atoms with E-state index in [0.717, 1.165) is 0 Å². The number of nitrogens with two attached hydrogens (primary N) is 1. The van der Waals surface area contributed by atoms with Crippen LogP contribution in [-0.2, 0) is 0 Å². The van der Waals surface area contributed by atoms with Gasteiger partial charge in [0, 0.05) is 15.8 Å². The third-order valence-corrected chi connectivity index (χ3v) is 4.13. The van der Waals surface area contributed by atoms with E-state index in [2.05, 4.69) is 15.9 Å². The molecule has 2 nitrogen and oxygen atoms in total. The number of methoxy groups -OCH3 is 1. The zero-order valence-electron chi connectivity index (χ0n) is 9.41. The van der Waals surface area contributed by atoms with Gasteiger partial charge in [0.25, 0.3) is 0 Å². The number of halogens is 3. The molecule has 18 heavy (non-hydrogen) atoms. The summed E-state index contributed by atoms with van der Waals surface area (Å²) in [6.45, 7) is 0. The zero-order chi connectivity index (χ0) is 13.3. The summed E-state index contributed by atoms with van der Waals surface area (Å²) >= 11 is 4.32. The molecule has 96 valence electrons. The number of rotatable bonds is 3. The molecule has 1 atom stereocenters. The highest BCUT2D eigenvalue weighted by Gasteiger charge is 2.21. The van der Waals surface area contributed by atoms with Crippen LogP contribution in [0.1, 0.15) is 16.5 Å². The molecule has 1 aromatic carbocycles. The molecule has 6 heteroatoms. The summed E-state index contributed by atoms with van der Waals surface area (Å²) in [4.78, 5) is 0.641. The summed E-state index contributed by atoms with van der Waals surface area (Å²) in [6.07, 6.45) is 0. The number of benzene rings is 1. The van der Waals surface area contributed by atoms with Crippen LogP contribution in [0, 0.1) is 11.6 Å². The highest BCUT2D eigenvalue weighted by atomic mass is 79.9. The first kappa shape index (κ1) is 13.5. The van der Waals surface area contributed by atoms with Crippen LogP contribution in [0.15, 0.2) is 28.1 Å². The molecule has 1 heterocycles. The van der Waals surface area contributed by atoms with Crippen molar-refractivity contribution in [2.45, 2.75) is 6.04 Å². The maximum atomic E-state index is 13.9. The number of ether oxygens (including phenoxy) is 1. The van der Waals surface area contributed by atoms with Crippen molar-refractivity contribution in [3.05, 3.63) is 50.1 Å². The monoisotopic (exact) mass is 333 g/mol. The van der Waals surface area contributed by atoms with Crippen LogP contribution in [-0.4, -0.2) is 7.11 Å². The minimum absolute atomic E-state index is 0.145. The summed E-state index contributed by atoms with van der Waals surface area (Å²) in [7, 11) is 1.53. The summed E-state index contributed by atoms with van der Waals surface area (Å²) in [5.41, 5.74) is 5.76. The van der Waals surface area contributed by atoms with Gasteiger partial charge in [0.1, 0.15) is 17.4 Å². The average molecular weight is 334 g/mol. The molecule has 0 fully saturated rings. The lowest BCUT2D eigenvalue weighted by atomic mass is 10.0. The average Bonchev–Trinajstić information content (AvgIpc) is 2.83. The molecule has 0 saturated heterocycles. The first-order valence-corrected chi connectivity index (χ1v) is 6.73. The van der Waals surface area contributed by atoms with Crippen molar-refractivity contribution < 1.29 is 13.5 Å². The molecule has 0 aliphatic carbocycles. The van der Waals surface area contributed by atoms with Gasteiger partial charge in [-0.2, -0.15) is 0 Å². The molecule has 0 radical (unpaired) electrons. The van der Waals surface area contributed by atoms with Crippen molar-refractivity contribution in [3.63, 3.8) is 0 Å². The Morgan fingerprint density at radius 3 is 2.72 bits per heavy atom. The lowest BCUT2D eigenvalue weighted by Crippen LogP contribution is -2.14. The smallest absolute Gasteiger partial charge is 0.145 e. The van der Waals surface area contributed by atoms with E-state index in [4.69, 9.17) is 10.5 Å². The van der Waals surface area contributed by atoms with Crippen LogP contribution in [0.3, 0.4) is 0 Å².